The van der Waals surface area contributed by atoms with Crippen LogP contribution in [0.3, 0.4) is 0 Å². The van der Waals surface area contributed by atoms with Gasteiger partial charge in [0.1, 0.15) is 0 Å². The molecule has 0 saturated carbocycles. The Balaban J connectivity index is 2.83. The molecule has 0 aliphatic rings. The molecule has 0 aliphatic heterocycles. The molecule has 0 amide bonds. The molecular formula is C9H13NO. The highest BCUT2D eigenvalue weighted by molar-refractivity contribution is 5.23. The minimum atomic E-state index is 0.0720. The second kappa shape index (κ2) is 3.51. The standard InChI is InChI=1S/C9H13NO/c1-7(10)9-4-2-8(6-11)3-5-9/h2-5,7,11H,6,10H2,1H3/t7-/m1/s1. The van der Waals surface area contributed by atoms with Gasteiger partial charge in [0.15, 0.2) is 0 Å². The van der Waals surface area contributed by atoms with Crippen LogP contribution in [0, 0.1) is 0 Å². The molecule has 0 radical (unpaired) electrons. The first-order valence-corrected chi connectivity index (χ1v) is 3.69. The lowest BCUT2D eigenvalue weighted by Gasteiger charge is -2.04. The van der Waals surface area contributed by atoms with Crippen LogP contribution in [-0.2, 0) is 6.61 Å². The molecule has 11 heavy (non-hydrogen) atoms. The summed E-state index contributed by atoms with van der Waals surface area (Å²) in [7, 11) is 0. The zero-order chi connectivity index (χ0) is 8.27. The Kier molecular flexibility index (Phi) is 2.63. The molecule has 1 aromatic carbocycles. The van der Waals surface area contributed by atoms with Gasteiger partial charge in [0.2, 0.25) is 0 Å². The number of aliphatic hydroxyl groups is 1. The van der Waals surface area contributed by atoms with E-state index in [4.69, 9.17) is 10.8 Å². The van der Waals surface area contributed by atoms with Crippen LogP contribution in [-0.4, -0.2) is 5.11 Å². The summed E-state index contributed by atoms with van der Waals surface area (Å²) in [5.74, 6) is 0. The molecule has 0 saturated heterocycles. The van der Waals surface area contributed by atoms with Gasteiger partial charge in [0.05, 0.1) is 6.61 Å². The number of hydrogen-bond acceptors (Lipinski definition) is 2. The predicted octanol–water partition coefficient (Wildman–Crippen LogP) is 1.20. The average Bonchev–Trinajstić information content (AvgIpc) is 2.05. The van der Waals surface area contributed by atoms with Crippen molar-refractivity contribution in [3.8, 4) is 0 Å². The van der Waals surface area contributed by atoms with Gasteiger partial charge in [-0.2, -0.15) is 0 Å². The van der Waals surface area contributed by atoms with E-state index in [1.165, 1.54) is 0 Å². The first-order valence-electron chi connectivity index (χ1n) is 3.69. The minimum absolute atomic E-state index is 0.0720. The van der Waals surface area contributed by atoms with Crippen LogP contribution in [0.1, 0.15) is 24.1 Å². The summed E-state index contributed by atoms with van der Waals surface area (Å²) in [6.07, 6.45) is 0. The summed E-state index contributed by atoms with van der Waals surface area (Å²) >= 11 is 0. The van der Waals surface area contributed by atoms with Crippen molar-refractivity contribution in [1.29, 1.82) is 0 Å². The van der Waals surface area contributed by atoms with E-state index in [0.717, 1.165) is 11.1 Å². The fourth-order valence-electron chi connectivity index (χ4n) is 0.927. The second-order valence-electron chi connectivity index (χ2n) is 2.69. The number of nitrogens with two attached hydrogens (primary N) is 1. The maximum atomic E-state index is 8.74. The van der Waals surface area contributed by atoms with Crippen LogP contribution >= 0.6 is 0 Å². The molecule has 0 unspecified atom stereocenters. The van der Waals surface area contributed by atoms with Crippen LogP contribution in [0.4, 0.5) is 0 Å². The molecule has 1 aromatic rings. The van der Waals surface area contributed by atoms with E-state index < -0.39 is 0 Å². The van der Waals surface area contributed by atoms with E-state index in [-0.39, 0.29) is 12.6 Å². The first kappa shape index (κ1) is 8.24. The number of aliphatic hydroxyl groups excluding tert-OH is 1. The molecule has 3 N–H and O–H groups in total. The molecule has 2 nitrogen and oxygen atoms in total. The Morgan fingerprint density at radius 3 is 2.27 bits per heavy atom. The molecule has 0 spiro atoms. The fourth-order valence-corrected chi connectivity index (χ4v) is 0.927. The summed E-state index contributed by atoms with van der Waals surface area (Å²) in [4.78, 5) is 0. The fraction of sp³-hybridized carbons (Fsp3) is 0.333. The molecule has 0 heterocycles. The lowest BCUT2D eigenvalue weighted by Crippen LogP contribution is -2.04. The van der Waals surface area contributed by atoms with E-state index in [9.17, 15) is 0 Å². The van der Waals surface area contributed by atoms with Gasteiger partial charge in [-0.05, 0) is 18.1 Å². The van der Waals surface area contributed by atoms with Crippen molar-refractivity contribution in [2.24, 2.45) is 5.73 Å². The third-order valence-electron chi connectivity index (χ3n) is 1.69. The summed E-state index contributed by atoms with van der Waals surface area (Å²) in [5.41, 5.74) is 7.67. The molecule has 2 heteroatoms. The van der Waals surface area contributed by atoms with Gasteiger partial charge in [-0.3, -0.25) is 0 Å². The van der Waals surface area contributed by atoms with Gasteiger partial charge < -0.3 is 10.8 Å². The zero-order valence-corrected chi connectivity index (χ0v) is 6.62. The third-order valence-corrected chi connectivity index (χ3v) is 1.69. The smallest absolute Gasteiger partial charge is 0.0681 e. The van der Waals surface area contributed by atoms with Crippen LogP contribution in [0.5, 0.6) is 0 Å². The predicted molar refractivity (Wildman–Crippen MR) is 45.0 cm³/mol. The first-order chi connectivity index (χ1) is 5.24. The normalized spacial score (nSPS) is 13.0. The molecule has 0 fully saturated rings. The van der Waals surface area contributed by atoms with E-state index in [1.807, 2.05) is 31.2 Å². The largest absolute Gasteiger partial charge is 0.392 e. The molecule has 1 rings (SSSR count). The van der Waals surface area contributed by atoms with Crippen molar-refractivity contribution in [3.63, 3.8) is 0 Å². The van der Waals surface area contributed by atoms with Crippen LogP contribution in [0.25, 0.3) is 0 Å². The van der Waals surface area contributed by atoms with E-state index in [0.29, 0.717) is 0 Å². The number of hydrogen-bond donors (Lipinski definition) is 2. The molecule has 60 valence electrons. The van der Waals surface area contributed by atoms with Gasteiger partial charge in [-0.15, -0.1) is 0 Å². The van der Waals surface area contributed by atoms with Crippen molar-refractivity contribution in [1.82, 2.24) is 0 Å². The number of benzene rings is 1. The summed E-state index contributed by atoms with van der Waals surface area (Å²) < 4.78 is 0. The number of rotatable bonds is 2. The summed E-state index contributed by atoms with van der Waals surface area (Å²) in [6, 6.07) is 7.73. The molecule has 0 aliphatic carbocycles. The maximum absolute atomic E-state index is 8.74. The van der Waals surface area contributed by atoms with Crippen molar-refractivity contribution >= 4 is 0 Å². The Labute approximate surface area is 66.7 Å². The molecule has 0 bridgehead atoms. The SMILES string of the molecule is C[C@@H](N)c1ccc(CO)cc1. The van der Waals surface area contributed by atoms with Crippen molar-refractivity contribution in [3.05, 3.63) is 35.4 Å². The highest BCUT2D eigenvalue weighted by atomic mass is 16.3. The van der Waals surface area contributed by atoms with Gasteiger partial charge in [0, 0.05) is 6.04 Å². The zero-order valence-electron chi connectivity index (χ0n) is 6.62. The third kappa shape index (κ3) is 2.03. The van der Waals surface area contributed by atoms with Gasteiger partial charge in [-0.1, -0.05) is 24.3 Å². The quantitative estimate of drug-likeness (QED) is 0.667. The highest BCUT2D eigenvalue weighted by Gasteiger charge is 1.97. The Morgan fingerprint density at radius 1 is 1.36 bits per heavy atom. The maximum Gasteiger partial charge on any atom is 0.0681 e. The lowest BCUT2D eigenvalue weighted by atomic mass is 10.1. The van der Waals surface area contributed by atoms with Gasteiger partial charge in [-0.25, -0.2) is 0 Å². The van der Waals surface area contributed by atoms with Gasteiger partial charge in [0.25, 0.3) is 0 Å². The van der Waals surface area contributed by atoms with E-state index in [2.05, 4.69) is 0 Å². The Morgan fingerprint density at radius 2 is 1.91 bits per heavy atom. The van der Waals surface area contributed by atoms with Crippen LogP contribution < -0.4 is 5.73 Å². The molecule has 1 atom stereocenters. The highest BCUT2D eigenvalue weighted by Crippen LogP contribution is 2.10. The Hall–Kier alpha value is -0.860. The monoisotopic (exact) mass is 151 g/mol. The average molecular weight is 151 g/mol. The van der Waals surface area contributed by atoms with Crippen LogP contribution in [0.2, 0.25) is 0 Å². The Bertz CT molecular complexity index is 216. The summed E-state index contributed by atoms with van der Waals surface area (Å²) in [6.45, 7) is 2.03. The van der Waals surface area contributed by atoms with E-state index >= 15 is 0 Å². The van der Waals surface area contributed by atoms with Gasteiger partial charge >= 0.3 is 0 Å². The minimum Gasteiger partial charge on any atom is -0.392 e. The lowest BCUT2D eigenvalue weighted by molar-refractivity contribution is 0.282. The van der Waals surface area contributed by atoms with Crippen molar-refractivity contribution < 1.29 is 5.11 Å². The second-order valence-corrected chi connectivity index (χ2v) is 2.69. The van der Waals surface area contributed by atoms with Crippen molar-refractivity contribution in [2.45, 2.75) is 19.6 Å². The van der Waals surface area contributed by atoms with Crippen LogP contribution in [0.15, 0.2) is 24.3 Å². The topological polar surface area (TPSA) is 46.2 Å². The van der Waals surface area contributed by atoms with Crippen molar-refractivity contribution in [2.75, 3.05) is 0 Å². The summed E-state index contributed by atoms with van der Waals surface area (Å²) in [5, 5.41) is 8.74. The van der Waals surface area contributed by atoms with E-state index in [1.54, 1.807) is 0 Å². The molecular weight excluding hydrogens is 138 g/mol. The molecule has 0 aromatic heterocycles.